The molecule has 0 aliphatic carbocycles. The average molecular weight is 312 g/mol. The lowest BCUT2D eigenvalue weighted by molar-refractivity contribution is -0.157. The van der Waals surface area contributed by atoms with Crippen LogP contribution in [0.1, 0.15) is 58.8 Å². The molecule has 4 atom stereocenters. The molecule has 126 valence electrons. The number of ether oxygens (including phenoxy) is 3. The van der Waals surface area contributed by atoms with Crippen molar-refractivity contribution in [1.82, 2.24) is 0 Å². The minimum absolute atomic E-state index is 0.0267. The maximum Gasteiger partial charge on any atom is 0.319 e. The SMILES string of the molecule is CCCCCCCOCC12CCC(O1)C(C(=O)OC=O)C2C. The van der Waals surface area contributed by atoms with Gasteiger partial charge >= 0.3 is 12.4 Å². The van der Waals surface area contributed by atoms with Crippen LogP contribution in [-0.4, -0.2) is 37.4 Å². The van der Waals surface area contributed by atoms with E-state index < -0.39 is 5.97 Å². The van der Waals surface area contributed by atoms with E-state index in [-0.39, 0.29) is 30.0 Å². The zero-order chi connectivity index (χ0) is 16.0. The molecule has 0 N–H and O–H groups in total. The van der Waals surface area contributed by atoms with Gasteiger partial charge in [-0.15, -0.1) is 0 Å². The van der Waals surface area contributed by atoms with Gasteiger partial charge in [0.05, 0.1) is 24.2 Å². The quantitative estimate of drug-likeness (QED) is 0.269. The molecule has 2 rings (SSSR count). The van der Waals surface area contributed by atoms with E-state index in [0.29, 0.717) is 6.61 Å². The molecule has 0 aromatic rings. The van der Waals surface area contributed by atoms with Gasteiger partial charge in [0.15, 0.2) is 0 Å². The number of hydrogen-bond acceptors (Lipinski definition) is 5. The summed E-state index contributed by atoms with van der Waals surface area (Å²) in [4.78, 5) is 22.3. The second-order valence-electron chi connectivity index (χ2n) is 6.57. The van der Waals surface area contributed by atoms with Gasteiger partial charge in [-0.25, -0.2) is 0 Å². The van der Waals surface area contributed by atoms with Crippen LogP contribution in [0.15, 0.2) is 0 Å². The molecule has 2 bridgehead atoms. The van der Waals surface area contributed by atoms with Crippen molar-refractivity contribution in [3.05, 3.63) is 0 Å². The first-order valence-electron chi connectivity index (χ1n) is 8.54. The Morgan fingerprint density at radius 1 is 1.32 bits per heavy atom. The van der Waals surface area contributed by atoms with Crippen LogP contribution >= 0.6 is 0 Å². The van der Waals surface area contributed by atoms with Crippen molar-refractivity contribution in [3.63, 3.8) is 0 Å². The molecule has 2 saturated heterocycles. The van der Waals surface area contributed by atoms with E-state index in [4.69, 9.17) is 9.47 Å². The summed E-state index contributed by atoms with van der Waals surface area (Å²) in [5.41, 5.74) is -0.374. The number of esters is 1. The van der Waals surface area contributed by atoms with Crippen molar-refractivity contribution in [1.29, 1.82) is 0 Å². The van der Waals surface area contributed by atoms with Gasteiger partial charge in [0.2, 0.25) is 0 Å². The summed E-state index contributed by atoms with van der Waals surface area (Å²) in [6.07, 6.45) is 7.69. The molecule has 0 spiro atoms. The lowest BCUT2D eigenvalue weighted by Crippen LogP contribution is -2.43. The third-order valence-corrected chi connectivity index (χ3v) is 5.18. The molecule has 4 unspecified atom stereocenters. The Labute approximate surface area is 132 Å². The molecule has 0 saturated carbocycles. The largest absolute Gasteiger partial charge is 0.395 e. The first-order valence-corrected chi connectivity index (χ1v) is 8.54. The highest BCUT2D eigenvalue weighted by Crippen LogP contribution is 2.51. The molecule has 0 amide bonds. The van der Waals surface area contributed by atoms with E-state index in [2.05, 4.69) is 11.7 Å². The molecule has 0 radical (unpaired) electrons. The lowest BCUT2D eigenvalue weighted by atomic mass is 9.73. The number of carbonyl (C=O) groups is 2. The van der Waals surface area contributed by atoms with Gasteiger partial charge in [-0.05, 0) is 19.3 Å². The number of rotatable bonds is 10. The molecular formula is C17H28O5. The van der Waals surface area contributed by atoms with Crippen LogP contribution < -0.4 is 0 Å². The van der Waals surface area contributed by atoms with Gasteiger partial charge in [-0.1, -0.05) is 39.5 Å². The Morgan fingerprint density at radius 2 is 2.09 bits per heavy atom. The topological polar surface area (TPSA) is 61.8 Å². The van der Waals surface area contributed by atoms with Gasteiger partial charge in [-0.3, -0.25) is 9.59 Å². The zero-order valence-corrected chi connectivity index (χ0v) is 13.7. The van der Waals surface area contributed by atoms with E-state index in [1.54, 1.807) is 0 Å². The third-order valence-electron chi connectivity index (χ3n) is 5.18. The Balaban J connectivity index is 1.76. The first kappa shape index (κ1) is 17.4. The van der Waals surface area contributed by atoms with E-state index in [9.17, 15) is 9.59 Å². The molecule has 2 aliphatic rings. The first-order chi connectivity index (χ1) is 10.6. The minimum atomic E-state index is -0.464. The minimum Gasteiger partial charge on any atom is -0.395 e. The summed E-state index contributed by atoms with van der Waals surface area (Å²) in [5, 5.41) is 0. The third kappa shape index (κ3) is 3.69. The number of unbranched alkanes of at least 4 members (excludes halogenated alkanes) is 4. The molecule has 5 nitrogen and oxygen atoms in total. The highest BCUT2D eigenvalue weighted by Gasteiger charge is 2.60. The van der Waals surface area contributed by atoms with Crippen LogP contribution in [0.3, 0.4) is 0 Å². The molecule has 2 aliphatic heterocycles. The van der Waals surface area contributed by atoms with Crippen molar-refractivity contribution in [3.8, 4) is 0 Å². The Hall–Kier alpha value is -0.940. The maximum absolute atomic E-state index is 11.9. The van der Waals surface area contributed by atoms with Crippen LogP contribution in [-0.2, 0) is 23.8 Å². The van der Waals surface area contributed by atoms with Crippen molar-refractivity contribution in [2.45, 2.75) is 70.5 Å². The predicted molar refractivity (Wildman–Crippen MR) is 81.2 cm³/mol. The fourth-order valence-corrected chi connectivity index (χ4v) is 3.82. The maximum atomic E-state index is 11.9. The smallest absolute Gasteiger partial charge is 0.319 e. The Bertz CT molecular complexity index is 383. The van der Waals surface area contributed by atoms with E-state index in [1.165, 1.54) is 25.7 Å². The summed E-state index contributed by atoms with van der Waals surface area (Å²) >= 11 is 0. The van der Waals surface area contributed by atoms with Crippen molar-refractivity contribution in [2.75, 3.05) is 13.2 Å². The summed E-state index contributed by atoms with van der Waals surface area (Å²) in [5.74, 6) is -0.778. The summed E-state index contributed by atoms with van der Waals surface area (Å²) in [7, 11) is 0. The molecule has 2 fully saturated rings. The second-order valence-corrected chi connectivity index (χ2v) is 6.57. The number of fused-ring (bicyclic) bond motifs is 2. The average Bonchev–Trinajstić information content (AvgIpc) is 3.03. The van der Waals surface area contributed by atoms with Crippen molar-refractivity contribution in [2.24, 2.45) is 11.8 Å². The van der Waals surface area contributed by atoms with Crippen LogP contribution in [0.4, 0.5) is 0 Å². The summed E-state index contributed by atoms with van der Waals surface area (Å²) < 4.78 is 16.4. The highest BCUT2D eigenvalue weighted by molar-refractivity contribution is 5.80. The van der Waals surface area contributed by atoms with E-state index >= 15 is 0 Å². The van der Waals surface area contributed by atoms with Gasteiger partial charge in [0.1, 0.15) is 0 Å². The van der Waals surface area contributed by atoms with Gasteiger partial charge in [0.25, 0.3) is 0 Å². The number of carbonyl (C=O) groups excluding carboxylic acids is 2. The molecule has 5 heteroatoms. The van der Waals surface area contributed by atoms with Crippen LogP contribution in [0.2, 0.25) is 0 Å². The van der Waals surface area contributed by atoms with Crippen LogP contribution in [0.25, 0.3) is 0 Å². The zero-order valence-electron chi connectivity index (χ0n) is 13.7. The van der Waals surface area contributed by atoms with E-state index in [0.717, 1.165) is 25.9 Å². The monoisotopic (exact) mass is 312 g/mol. The number of hydrogen-bond donors (Lipinski definition) is 0. The van der Waals surface area contributed by atoms with Crippen LogP contribution in [0, 0.1) is 11.8 Å². The predicted octanol–water partition coefficient (Wildman–Crippen LogP) is 2.86. The standard InChI is InChI=1S/C17H28O5/c1-3-4-5-6-7-10-20-11-17-9-8-14(22-17)15(13(17)2)16(19)21-12-18/h12-15H,3-11H2,1-2H3. The van der Waals surface area contributed by atoms with Gasteiger partial charge < -0.3 is 14.2 Å². The second kappa shape index (κ2) is 8.06. The normalized spacial score (nSPS) is 33.1. The molecule has 0 aromatic heterocycles. The molecular weight excluding hydrogens is 284 g/mol. The van der Waals surface area contributed by atoms with Gasteiger partial charge in [0, 0.05) is 12.5 Å². The summed E-state index contributed by atoms with van der Waals surface area (Å²) in [6.45, 7) is 5.69. The van der Waals surface area contributed by atoms with Gasteiger partial charge in [-0.2, -0.15) is 0 Å². The fourth-order valence-electron chi connectivity index (χ4n) is 3.82. The Morgan fingerprint density at radius 3 is 2.82 bits per heavy atom. The van der Waals surface area contributed by atoms with Crippen LogP contribution in [0.5, 0.6) is 0 Å². The Kier molecular flexibility index (Phi) is 6.38. The van der Waals surface area contributed by atoms with Crippen molar-refractivity contribution >= 4 is 12.4 Å². The molecule has 2 heterocycles. The molecule has 22 heavy (non-hydrogen) atoms. The summed E-state index contributed by atoms with van der Waals surface area (Å²) in [6, 6.07) is 0. The molecule has 0 aromatic carbocycles. The lowest BCUT2D eigenvalue weighted by Gasteiger charge is -2.32. The van der Waals surface area contributed by atoms with E-state index in [1.807, 2.05) is 6.92 Å². The van der Waals surface area contributed by atoms with Crippen molar-refractivity contribution < 1.29 is 23.8 Å². The highest BCUT2D eigenvalue weighted by atomic mass is 16.6. The fraction of sp³-hybridized carbons (Fsp3) is 0.882.